The lowest BCUT2D eigenvalue weighted by Crippen LogP contribution is -2.14. The fraction of sp³-hybridized carbons (Fsp3) is 0.533. The molecule has 1 rings (SSSR count). The number of carbonyl (C=O) groups is 1. The summed E-state index contributed by atoms with van der Waals surface area (Å²) >= 11 is 1.10. The Kier molecular flexibility index (Phi) is 5.73. The second-order valence-corrected chi connectivity index (χ2v) is 6.65. The molecule has 1 N–H and O–H groups in total. The second-order valence-electron chi connectivity index (χ2n) is 5.20. The molecule has 0 spiro atoms. The molecule has 0 radical (unpaired) electrons. The number of thioether (sulfide) groups is 1. The molecule has 21 heavy (non-hydrogen) atoms. The zero-order valence-electron chi connectivity index (χ0n) is 12.4. The summed E-state index contributed by atoms with van der Waals surface area (Å²) in [6.45, 7) is 7.15. The van der Waals surface area contributed by atoms with Gasteiger partial charge < -0.3 is 5.11 Å². The van der Waals surface area contributed by atoms with Crippen molar-refractivity contribution in [2.45, 2.75) is 56.4 Å². The van der Waals surface area contributed by atoms with E-state index in [0.29, 0.717) is 6.42 Å². The molecule has 0 amide bonds. The normalized spacial score (nSPS) is 13.5. The highest BCUT2D eigenvalue weighted by Crippen LogP contribution is 2.43. The molecule has 1 atom stereocenters. The number of hydrogen-bond acceptors (Lipinski definition) is 2. The Morgan fingerprint density at radius 3 is 2.24 bits per heavy atom. The first-order chi connectivity index (χ1) is 9.59. The van der Waals surface area contributed by atoms with Crippen LogP contribution in [0.2, 0.25) is 0 Å². The number of halogens is 3. The van der Waals surface area contributed by atoms with Crippen molar-refractivity contribution in [2.75, 3.05) is 0 Å². The molecule has 0 aliphatic carbocycles. The van der Waals surface area contributed by atoms with Crippen molar-refractivity contribution in [1.29, 1.82) is 0 Å². The minimum absolute atomic E-state index is 0.0207. The fourth-order valence-corrected chi connectivity index (χ4v) is 3.35. The van der Waals surface area contributed by atoms with Gasteiger partial charge in [-0.1, -0.05) is 27.7 Å². The molecule has 0 unspecified atom stereocenters. The average molecular weight is 320 g/mol. The number of alkyl halides is 3. The third-order valence-corrected chi connectivity index (χ3v) is 4.61. The van der Waals surface area contributed by atoms with Gasteiger partial charge in [0.2, 0.25) is 0 Å². The van der Waals surface area contributed by atoms with Crippen LogP contribution in [-0.4, -0.2) is 16.3 Å². The van der Waals surface area contributed by atoms with E-state index in [2.05, 4.69) is 0 Å². The minimum Gasteiger partial charge on any atom is -0.478 e. The zero-order valence-corrected chi connectivity index (χ0v) is 13.2. The van der Waals surface area contributed by atoms with Crippen molar-refractivity contribution >= 4 is 17.7 Å². The topological polar surface area (TPSA) is 37.3 Å². The van der Waals surface area contributed by atoms with E-state index >= 15 is 0 Å². The van der Waals surface area contributed by atoms with Crippen LogP contribution in [0, 0.1) is 0 Å². The first-order valence-corrected chi connectivity index (χ1v) is 7.61. The average Bonchev–Trinajstić information content (AvgIpc) is 2.35. The number of aromatic carboxylic acids is 1. The number of rotatable bonds is 5. The number of carboxylic acid groups (broad SMARTS) is 1. The summed E-state index contributed by atoms with van der Waals surface area (Å²) in [5.74, 6) is -1.50. The summed E-state index contributed by atoms with van der Waals surface area (Å²) in [7, 11) is 0. The monoisotopic (exact) mass is 320 g/mol. The van der Waals surface area contributed by atoms with Crippen LogP contribution in [0.1, 0.15) is 61.5 Å². The van der Waals surface area contributed by atoms with Crippen LogP contribution < -0.4 is 0 Å². The molecule has 1 aromatic carbocycles. The van der Waals surface area contributed by atoms with Crippen molar-refractivity contribution in [2.24, 2.45) is 0 Å². The molecule has 0 aromatic heterocycles. The Balaban J connectivity index is 3.62. The standard InChI is InChI=1S/C15H19F3O2S/c1-5-9(4)21-13-11(15(16,17)18)7-6-10(14(19)20)12(13)8(2)3/h6-9H,5H2,1-4H3,(H,19,20)/t9-/m1/s1. The Morgan fingerprint density at radius 1 is 1.29 bits per heavy atom. The van der Waals surface area contributed by atoms with Crippen LogP contribution in [0.4, 0.5) is 13.2 Å². The number of benzene rings is 1. The van der Waals surface area contributed by atoms with Gasteiger partial charge in [0, 0.05) is 10.1 Å². The van der Waals surface area contributed by atoms with E-state index in [1.54, 1.807) is 13.8 Å². The lowest BCUT2D eigenvalue weighted by molar-refractivity contribution is -0.139. The summed E-state index contributed by atoms with van der Waals surface area (Å²) < 4.78 is 39.7. The van der Waals surface area contributed by atoms with E-state index in [1.165, 1.54) is 0 Å². The Hall–Kier alpha value is -1.17. The summed E-state index contributed by atoms with van der Waals surface area (Å²) in [6, 6.07) is 1.93. The second kappa shape index (κ2) is 6.73. The highest BCUT2D eigenvalue weighted by molar-refractivity contribution is 8.00. The summed E-state index contributed by atoms with van der Waals surface area (Å²) in [6.07, 6.45) is -3.78. The van der Waals surface area contributed by atoms with E-state index in [1.807, 2.05) is 13.8 Å². The first-order valence-electron chi connectivity index (χ1n) is 6.73. The molecule has 1 aromatic rings. The quantitative estimate of drug-likeness (QED) is 0.736. The SMILES string of the molecule is CC[C@@H](C)Sc1c(C(F)(F)F)ccc(C(=O)O)c1C(C)C. The molecule has 0 aliphatic heterocycles. The zero-order chi connectivity index (χ0) is 16.4. The van der Waals surface area contributed by atoms with Gasteiger partial charge in [-0.15, -0.1) is 11.8 Å². The largest absolute Gasteiger partial charge is 0.478 e. The molecule has 118 valence electrons. The van der Waals surface area contributed by atoms with Crippen LogP contribution in [0.15, 0.2) is 17.0 Å². The van der Waals surface area contributed by atoms with E-state index in [4.69, 9.17) is 0 Å². The van der Waals surface area contributed by atoms with Crippen molar-refractivity contribution in [3.63, 3.8) is 0 Å². The molecule has 2 nitrogen and oxygen atoms in total. The van der Waals surface area contributed by atoms with Gasteiger partial charge in [0.05, 0.1) is 11.1 Å². The summed E-state index contributed by atoms with van der Waals surface area (Å²) in [5.41, 5.74) is -0.534. The van der Waals surface area contributed by atoms with E-state index in [-0.39, 0.29) is 27.2 Å². The van der Waals surface area contributed by atoms with E-state index < -0.39 is 17.7 Å². The molecular weight excluding hydrogens is 301 g/mol. The maximum Gasteiger partial charge on any atom is 0.417 e. The van der Waals surface area contributed by atoms with Gasteiger partial charge >= 0.3 is 12.1 Å². The maximum absolute atomic E-state index is 13.2. The predicted octanol–water partition coefficient (Wildman–Crippen LogP) is 5.42. The molecule has 0 saturated carbocycles. The Morgan fingerprint density at radius 2 is 1.86 bits per heavy atom. The minimum atomic E-state index is -4.49. The van der Waals surface area contributed by atoms with Gasteiger partial charge in [-0.3, -0.25) is 0 Å². The van der Waals surface area contributed by atoms with Gasteiger partial charge in [0.1, 0.15) is 0 Å². The van der Waals surface area contributed by atoms with Crippen LogP contribution in [0.3, 0.4) is 0 Å². The number of carboxylic acids is 1. The highest BCUT2D eigenvalue weighted by atomic mass is 32.2. The van der Waals surface area contributed by atoms with Crippen molar-refractivity contribution in [1.82, 2.24) is 0 Å². The van der Waals surface area contributed by atoms with Crippen molar-refractivity contribution in [3.05, 3.63) is 28.8 Å². The molecule has 0 saturated heterocycles. The van der Waals surface area contributed by atoms with Crippen LogP contribution >= 0.6 is 11.8 Å². The smallest absolute Gasteiger partial charge is 0.417 e. The fourth-order valence-electron chi connectivity index (χ4n) is 1.99. The lowest BCUT2D eigenvalue weighted by Gasteiger charge is -2.22. The van der Waals surface area contributed by atoms with Crippen LogP contribution in [-0.2, 0) is 6.18 Å². The highest BCUT2D eigenvalue weighted by Gasteiger charge is 2.36. The van der Waals surface area contributed by atoms with Crippen molar-refractivity contribution < 1.29 is 23.1 Å². The Labute approximate surface area is 126 Å². The summed E-state index contributed by atoms with van der Waals surface area (Å²) in [4.78, 5) is 11.4. The van der Waals surface area contributed by atoms with Crippen LogP contribution in [0.25, 0.3) is 0 Å². The van der Waals surface area contributed by atoms with E-state index in [0.717, 1.165) is 23.9 Å². The van der Waals surface area contributed by atoms with Crippen LogP contribution in [0.5, 0.6) is 0 Å². The lowest BCUT2D eigenvalue weighted by atomic mass is 9.94. The third-order valence-electron chi connectivity index (χ3n) is 3.20. The molecule has 0 bridgehead atoms. The maximum atomic E-state index is 13.2. The molecule has 0 heterocycles. The predicted molar refractivity (Wildman–Crippen MR) is 78.1 cm³/mol. The van der Waals surface area contributed by atoms with E-state index in [9.17, 15) is 23.1 Å². The molecule has 0 fully saturated rings. The van der Waals surface area contributed by atoms with Gasteiger partial charge in [-0.25, -0.2) is 4.79 Å². The van der Waals surface area contributed by atoms with Gasteiger partial charge in [0.25, 0.3) is 0 Å². The van der Waals surface area contributed by atoms with Gasteiger partial charge in [-0.05, 0) is 30.0 Å². The molecular formula is C15H19F3O2S. The van der Waals surface area contributed by atoms with Crippen molar-refractivity contribution in [3.8, 4) is 0 Å². The summed E-state index contributed by atoms with van der Waals surface area (Å²) in [5, 5.41) is 9.21. The van der Waals surface area contributed by atoms with Gasteiger partial charge in [0.15, 0.2) is 0 Å². The third kappa shape index (κ3) is 4.15. The molecule has 0 aliphatic rings. The first kappa shape index (κ1) is 17.9. The number of hydrogen-bond donors (Lipinski definition) is 1. The van der Waals surface area contributed by atoms with Gasteiger partial charge in [-0.2, -0.15) is 13.2 Å². The Bertz CT molecular complexity index is 524. The molecule has 6 heteroatoms.